The Kier molecular flexibility index (Phi) is 8.33. The van der Waals surface area contributed by atoms with E-state index in [0.717, 1.165) is 5.56 Å². The lowest BCUT2D eigenvalue weighted by Crippen LogP contribution is -2.25. The van der Waals surface area contributed by atoms with Gasteiger partial charge in [-0.15, -0.1) is 16.8 Å². The molecule has 0 saturated heterocycles. The van der Waals surface area contributed by atoms with Crippen molar-refractivity contribution in [2.45, 2.75) is 25.2 Å². The maximum Gasteiger partial charge on any atom is 0.253 e. The summed E-state index contributed by atoms with van der Waals surface area (Å²) in [6, 6.07) is 12.1. The van der Waals surface area contributed by atoms with Crippen LogP contribution in [0.2, 0.25) is 10.0 Å². The van der Waals surface area contributed by atoms with Crippen molar-refractivity contribution in [1.82, 2.24) is 20.1 Å². The lowest BCUT2D eigenvalue weighted by atomic mass is 10.2. The van der Waals surface area contributed by atoms with Gasteiger partial charge in [-0.1, -0.05) is 53.2 Å². The van der Waals surface area contributed by atoms with E-state index in [1.807, 2.05) is 6.92 Å². The number of nitrogens with zero attached hydrogens (tertiary/aromatic N) is 3. The van der Waals surface area contributed by atoms with Crippen LogP contribution >= 0.6 is 35.0 Å². The van der Waals surface area contributed by atoms with Crippen molar-refractivity contribution in [1.29, 1.82) is 0 Å². The summed E-state index contributed by atoms with van der Waals surface area (Å²) >= 11 is 13.3. The van der Waals surface area contributed by atoms with E-state index in [4.69, 9.17) is 23.2 Å². The number of hydrogen-bond donors (Lipinski definition) is 2. The van der Waals surface area contributed by atoms with Crippen LogP contribution in [0.25, 0.3) is 0 Å². The fraction of sp³-hybridized carbons (Fsp3) is 0.182. The van der Waals surface area contributed by atoms with E-state index in [9.17, 15) is 9.59 Å². The normalized spacial score (nSPS) is 10.6. The smallest absolute Gasteiger partial charge is 0.253 e. The SMILES string of the molecule is C=CCn1c(CNC(=O)c2ccccc2Cl)nnc1SCC(=O)Nc1ccc(Cl)cc1C. The van der Waals surface area contributed by atoms with Gasteiger partial charge in [0.25, 0.3) is 5.91 Å². The Morgan fingerprint density at radius 3 is 2.69 bits per heavy atom. The zero-order valence-electron chi connectivity index (χ0n) is 17.3. The molecule has 0 saturated carbocycles. The molecule has 0 aliphatic carbocycles. The van der Waals surface area contributed by atoms with Gasteiger partial charge in [-0.05, 0) is 42.8 Å². The molecule has 0 aliphatic rings. The molecule has 0 aliphatic heterocycles. The van der Waals surface area contributed by atoms with Crippen molar-refractivity contribution in [3.05, 3.63) is 82.1 Å². The summed E-state index contributed by atoms with van der Waals surface area (Å²) in [5.74, 6) is 0.197. The van der Waals surface area contributed by atoms with Crippen LogP contribution in [0.15, 0.2) is 60.3 Å². The number of carbonyl (C=O) groups excluding carboxylic acids is 2. The second kappa shape index (κ2) is 11.2. The third-order valence-corrected chi connectivity index (χ3v) is 5.96. The number of halogens is 2. The monoisotopic (exact) mass is 489 g/mol. The number of hydrogen-bond acceptors (Lipinski definition) is 5. The molecule has 0 atom stereocenters. The van der Waals surface area contributed by atoms with Crippen LogP contribution in [0.5, 0.6) is 0 Å². The average Bonchev–Trinajstić information content (AvgIpc) is 3.15. The summed E-state index contributed by atoms with van der Waals surface area (Å²) in [6.45, 7) is 6.22. The number of rotatable bonds is 9. The third-order valence-electron chi connectivity index (χ3n) is 4.43. The molecule has 1 aromatic heterocycles. The predicted molar refractivity (Wildman–Crippen MR) is 128 cm³/mol. The van der Waals surface area contributed by atoms with Gasteiger partial charge in [0.05, 0.1) is 22.9 Å². The number of aryl methyl sites for hydroxylation is 1. The molecule has 7 nitrogen and oxygen atoms in total. The molecular weight excluding hydrogens is 469 g/mol. The topological polar surface area (TPSA) is 88.9 Å². The first kappa shape index (κ1) is 23.8. The first-order valence-corrected chi connectivity index (χ1v) is 11.4. The third kappa shape index (κ3) is 6.12. The molecule has 1 heterocycles. The molecular formula is C22H21Cl2N5O2S. The van der Waals surface area contributed by atoms with E-state index in [1.165, 1.54) is 11.8 Å². The molecule has 166 valence electrons. The zero-order chi connectivity index (χ0) is 23.1. The molecule has 0 unspecified atom stereocenters. The Bertz CT molecular complexity index is 1150. The highest BCUT2D eigenvalue weighted by Crippen LogP contribution is 2.22. The van der Waals surface area contributed by atoms with E-state index in [-0.39, 0.29) is 24.1 Å². The number of aromatic nitrogens is 3. The molecule has 10 heteroatoms. The van der Waals surface area contributed by atoms with E-state index < -0.39 is 0 Å². The lowest BCUT2D eigenvalue weighted by molar-refractivity contribution is -0.113. The van der Waals surface area contributed by atoms with Gasteiger partial charge in [0.15, 0.2) is 11.0 Å². The summed E-state index contributed by atoms with van der Waals surface area (Å²) in [7, 11) is 0. The second-order valence-corrected chi connectivity index (χ2v) is 8.54. The summed E-state index contributed by atoms with van der Waals surface area (Å²) in [5.41, 5.74) is 1.96. The number of anilines is 1. The van der Waals surface area contributed by atoms with Crippen molar-refractivity contribution < 1.29 is 9.59 Å². The predicted octanol–water partition coefficient (Wildman–Crippen LogP) is 4.74. The molecule has 2 N–H and O–H groups in total. The Morgan fingerprint density at radius 2 is 1.97 bits per heavy atom. The number of thioether (sulfide) groups is 1. The van der Waals surface area contributed by atoms with Crippen LogP contribution < -0.4 is 10.6 Å². The largest absolute Gasteiger partial charge is 0.345 e. The number of amides is 2. The number of allylic oxidation sites excluding steroid dienone is 1. The molecule has 0 radical (unpaired) electrons. The number of nitrogens with one attached hydrogen (secondary N) is 2. The summed E-state index contributed by atoms with van der Waals surface area (Å²) in [6.07, 6.45) is 1.70. The second-order valence-electron chi connectivity index (χ2n) is 6.76. The van der Waals surface area contributed by atoms with E-state index in [0.29, 0.717) is 38.8 Å². The van der Waals surface area contributed by atoms with Crippen LogP contribution in [0.4, 0.5) is 5.69 Å². The maximum absolute atomic E-state index is 12.4. The van der Waals surface area contributed by atoms with Crippen molar-refractivity contribution in [2.75, 3.05) is 11.1 Å². The minimum absolute atomic E-state index is 0.142. The highest BCUT2D eigenvalue weighted by Gasteiger charge is 2.16. The van der Waals surface area contributed by atoms with E-state index >= 15 is 0 Å². The van der Waals surface area contributed by atoms with E-state index in [2.05, 4.69) is 27.4 Å². The number of carbonyl (C=O) groups is 2. The van der Waals surface area contributed by atoms with Gasteiger partial charge in [0.2, 0.25) is 5.91 Å². The van der Waals surface area contributed by atoms with Gasteiger partial charge in [0.1, 0.15) is 0 Å². The van der Waals surface area contributed by atoms with Crippen LogP contribution in [0.1, 0.15) is 21.7 Å². The molecule has 3 aromatic rings. The minimum Gasteiger partial charge on any atom is -0.345 e. The Morgan fingerprint density at radius 1 is 1.19 bits per heavy atom. The van der Waals surface area contributed by atoms with Crippen LogP contribution in [0, 0.1) is 6.92 Å². The summed E-state index contributed by atoms with van der Waals surface area (Å²) in [4.78, 5) is 24.8. The van der Waals surface area contributed by atoms with Gasteiger partial charge in [-0.3, -0.25) is 9.59 Å². The summed E-state index contributed by atoms with van der Waals surface area (Å²) < 4.78 is 1.80. The molecule has 3 rings (SSSR count). The average molecular weight is 490 g/mol. The first-order chi connectivity index (χ1) is 15.4. The van der Waals surface area contributed by atoms with Crippen molar-refractivity contribution in [3.63, 3.8) is 0 Å². The summed E-state index contributed by atoms with van der Waals surface area (Å²) in [5, 5.41) is 15.5. The van der Waals surface area contributed by atoms with Gasteiger partial charge >= 0.3 is 0 Å². The molecule has 0 bridgehead atoms. The number of benzene rings is 2. The Balaban J connectivity index is 1.62. The molecule has 0 fully saturated rings. The minimum atomic E-state index is -0.310. The Hall–Kier alpha value is -2.81. The fourth-order valence-corrected chi connectivity index (χ4v) is 4.07. The maximum atomic E-state index is 12.4. The lowest BCUT2D eigenvalue weighted by Gasteiger charge is -2.10. The zero-order valence-corrected chi connectivity index (χ0v) is 19.6. The fourth-order valence-electron chi connectivity index (χ4n) is 2.85. The molecule has 2 aromatic carbocycles. The molecule has 32 heavy (non-hydrogen) atoms. The van der Waals surface area contributed by atoms with Crippen LogP contribution in [-0.2, 0) is 17.9 Å². The van der Waals surface area contributed by atoms with Crippen LogP contribution in [0.3, 0.4) is 0 Å². The molecule has 2 amide bonds. The Labute approximate surface area is 200 Å². The van der Waals surface area contributed by atoms with Crippen molar-refractivity contribution in [3.8, 4) is 0 Å². The van der Waals surface area contributed by atoms with Gasteiger partial charge in [0, 0.05) is 17.3 Å². The van der Waals surface area contributed by atoms with Crippen LogP contribution in [-0.4, -0.2) is 32.3 Å². The highest BCUT2D eigenvalue weighted by atomic mass is 35.5. The van der Waals surface area contributed by atoms with Crippen molar-refractivity contribution >= 4 is 52.5 Å². The van der Waals surface area contributed by atoms with Gasteiger partial charge in [-0.25, -0.2) is 0 Å². The van der Waals surface area contributed by atoms with Gasteiger partial charge in [-0.2, -0.15) is 0 Å². The van der Waals surface area contributed by atoms with Gasteiger partial charge < -0.3 is 15.2 Å². The standard InChI is InChI=1S/C22H21Cl2N5O2S/c1-3-10-29-19(12-25-21(31)16-6-4-5-7-17(16)24)27-28-22(29)32-13-20(30)26-18-9-8-15(23)11-14(18)2/h3-9,11H,1,10,12-13H2,2H3,(H,25,31)(H,26,30). The first-order valence-electron chi connectivity index (χ1n) is 9.63. The van der Waals surface area contributed by atoms with E-state index in [1.54, 1.807) is 53.1 Å². The highest BCUT2D eigenvalue weighted by molar-refractivity contribution is 7.99. The quantitative estimate of drug-likeness (QED) is 0.334. The van der Waals surface area contributed by atoms with Crippen molar-refractivity contribution in [2.24, 2.45) is 0 Å². The molecule has 0 spiro atoms.